The molecule has 0 atom stereocenters. The van der Waals surface area contributed by atoms with Gasteiger partial charge in [-0.1, -0.05) is 0 Å². The molecule has 0 aliphatic carbocycles. The molecule has 5 heteroatoms. The highest BCUT2D eigenvalue weighted by atomic mass is 16.5. The molecule has 2 rings (SSSR count). The predicted octanol–water partition coefficient (Wildman–Crippen LogP) is 1.25. The van der Waals surface area contributed by atoms with Gasteiger partial charge in [0, 0.05) is 19.3 Å². The van der Waals surface area contributed by atoms with Gasteiger partial charge in [0.05, 0.1) is 10.9 Å². The highest BCUT2D eigenvalue weighted by Crippen LogP contribution is 2.26. The topological polar surface area (TPSA) is 67.0 Å². The number of H-pyrrole nitrogens is 1. The molecule has 0 amide bonds. The molecule has 0 saturated heterocycles. The average Bonchev–Trinajstić information content (AvgIpc) is 2.70. The Hall–Kier alpha value is -1.88. The maximum absolute atomic E-state index is 11.0. The number of rotatable bonds is 4. The summed E-state index contributed by atoms with van der Waals surface area (Å²) in [5.74, 6) is 0.0214. The third-order valence-electron chi connectivity index (χ3n) is 2.52. The zero-order valence-corrected chi connectivity index (χ0v) is 9.91. The van der Waals surface area contributed by atoms with Gasteiger partial charge in [-0.3, -0.25) is 4.79 Å². The highest BCUT2D eigenvalue weighted by Gasteiger charge is 2.11. The Bertz CT molecular complexity index is 534. The smallest absolute Gasteiger partial charge is 0.309 e. The molecular weight excluding hydrogens is 218 g/mol. The molecule has 90 valence electrons. The number of esters is 1. The van der Waals surface area contributed by atoms with E-state index in [1.165, 1.54) is 6.92 Å². The summed E-state index contributed by atoms with van der Waals surface area (Å²) >= 11 is 0. The second-order valence-corrected chi connectivity index (χ2v) is 3.80. The van der Waals surface area contributed by atoms with Crippen LogP contribution in [-0.4, -0.2) is 29.5 Å². The van der Waals surface area contributed by atoms with E-state index in [2.05, 4.69) is 15.3 Å². The Kier molecular flexibility index (Phi) is 3.39. The zero-order valence-electron chi connectivity index (χ0n) is 9.91. The SMILES string of the molecule is CNCCc1c[nH]c2ccnc(OC(C)=O)c12. The van der Waals surface area contributed by atoms with Crippen molar-refractivity contribution in [1.82, 2.24) is 15.3 Å². The summed E-state index contributed by atoms with van der Waals surface area (Å²) in [6, 6.07) is 1.87. The zero-order chi connectivity index (χ0) is 12.3. The Morgan fingerprint density at radius 2 is 2.41 bits per heavy atom. The number of aromatic nitrogens is 2. The fraction of sp³-hybridized carbons (Fsp3) is 0.333. The summed E-state index contributed by atoms with van der Waals surface area (Å²) in [6.45, 7) is 2.24. The van der Waals surface area contributed by atoms with Crippen LogP contribution in [0.4, 0.5) is 0 Å². The van der Waals surface area contributed by atoms with Crippen LogP contribution in [0, 0.1) is 0 Å². The fourth-order valence-corrected chi connectivity index (χ4v) is 1.78. The third-order valence-corrected chi connectivity index (χ3v) is 2.52. The number of fused-ring (bicyclic) bond motifs is 1. The molecule has 2 N–H and O–H groups in total. The van der Waals surface area contributed by atoms with E-state index in [1.807, 2.05) is 19.3 Å². The first-order chi connectivity index (χ1) is 8.22. The number of nitrogens with zero attached hydrogens (tertiary/aromatic N) is 1. The molecule has 0 fully saturated rings. The van der Waals surface area contributed by atoms with Crippen LogP contribution in [-0.2, 0) is 11.2 Å². The van der Waals surface area contributed by atoms with Gasteiger partial charge in [-0.05, 0) is 31.6 Å². The van der Waals surface area contributed by atoms with Crippen LogP contribution in [0.1, 0.15) is 12.5 Å². The van der Waals surface area contributed by atoms with E-state index >= 15 is 0 Å². The van der Waals surface area contributed by atoms with E-state index in [-0.39, 0.29) is 5.97 Å². The van der Waals surface area contributed by atoms with Gasteiger partial charge in [-0.25, -0.2) is 4.98 Å². The first-order valence-corrected chi connectivity index (χ1v) is 5.50. The van der Waals surface area contributed by atoms with E-state index in [1.54, 1.807) is 6.20 Å². The molecular formula is C12H15N3O2. The van der Waals surface area contributed by atoms with Crippen LogP contribution in [0.3, 0.4) is 0 Å². The van der Waals surface area contributed by atoms with Gasteiger partial charge < -0.3 is 15.0 Å². The molecule has 0 aliphatic rings. The molecule has 0 spiro atoms. The summed E-state index contributed by atoms with van der Waals surface area (Å²) in [4.78, 5) is 18.3. The molecule has 5 nitrogen and oxygen atoms in total. The van der Waals surface area contributed by atoms with E-state index in [4.69, 9.17) is 4.74 Å². The van der Waals surface area contributed by atoms with E-state index in [0.29, 0.717) is 5.88 Å². The minimum atomic E-state index is -0.356. The van der Waals surface area contributed by atoms with Crippen LogP contribution in [0.25, 0.3) is 10.9 Å². The number of hydrogen-bond donors (Lipinski definition) is 2. The Morgan fingerprint density at radius 3 is 3.12 bits per heavy atom. The number of likely N-dealkylation sites (N-methyl/N-ethyl adjacent to an activating group) is 1. The van der Waals surface area contributed by atoms with Crippen molar-refractivity contribution in [3.8, 4) is 5.88 Å². The van der Waals surface area contributed by atoms with Gasteiger partial charge in [-0.2, -0.15) is 0 Å². The first-order valence-electron chi connectivity index (χ1n) is 5.50. The van der Waals surface area contributed by atoms with Gasteiger partial charge >= 0.3 is 5.97 Å². The lowest BCUT2D eigenvalue weighted by Gasteiger charge is -2.04. The molecule has 2 heterocycles. The summed E-state index contributed by atoms with van der Waals surface area (Å²) < 4.78 is 5.12. The van der Waals surface area contributed by atoms with Gasteiger partial charge in [-0.15, -0.1) is 0 Å². The number of hydrogen-bond acceptors (Lipinski definition) is 4. The van der Waals surface area contributed by atoms with Gasteiger partial charge in [0.1, 0.15) is 0 Å². The van der Waals surface area contributed by atoms with Crippen molar-refractivity contribution in [2.24, 2.45) is 0 Å². The highest BCUT2D eigenvalue weighted by molar-refractivity contribution is 5.89. The normalized spacial score (nSPS) is 10.7. The number of ether oxygens (including phenoxy) is 1. The molecule has 2 aromatic heterocycles. The van der Waals surface area contributed by atoms with Gasteiger partial charge in [0.2, 0.25) is 5.88 Å². The van der Waals surface area contributed by atoms with Crippen LogP contribution >= 0.6 is 0 Å². The van der Waals surface area contributed by atoms with Gasteiger partial charge in [0.15, 0.2) is 0 Å². The molecule has 0 unspecified atom stereocenters. The maximum atomic E-state index is 11.0. The van der Waals surface area contributed by atoms with Gasteiger partial charge in [0.25, 0.3) is 0 Å². The van der Waals surface area contributed by atoms with Crippen molar-refractivity contribution in [3.63, 3.8) is 0 Å². The Morgan fingerprint density at radius 1 is 1.59 bits per heavy atom. The lowest BCUT2D eigenvalue weighted by molar-refractivity contribution is -0.132. The molecule has 0 bridgehead atoms. The summed E-state index contributed by atoms with van der Waals surface area (Å²) in [5, 5.41) is 3.98. The number of carbonyl (C=O) groups is 1. The second kappa shape index (κ2) is 4.97. The van der Waals surface area contributed by atoms with Crippen molar-refractivity contribution < 1.29 is 9.53 Å². The maximum Gasteiger partial charge on any atom is 0.309 e. The molecule has 0 aliphatic heterocycles. The van der Waals surface area contributed by atoms with Crippen LogP contribution < -0.4 is 10.1 Å². The summed E-state index contributed by atoms with van der Waals surface area (Å²) in [7, 11) is 1.90. The van der Waals surface area contributed by atoms with Crippen molar-refractivity contribution in [2.45, 2.75) is 13.3 Å². The number of aromatic amines is 1. The largest absolute Gasteiger partial charge is 0.407 e. The molecule has 0 radical (unpaired) electrons. The molecule has 17 heavy (non-hydrogen) atoms. The van der Waals surface area contributed by atoms with Crippen LogP contribution in [0.2, 0.25) is 0 Å². The monoisotopic (exact) mass is 233 g/mol. The van der Waals surface area contributed by atoms with Crippen molar-refractivity contribution >= 4 is 16.9 Å². The number of nitrogens with one attached hydrogen (secondary N) is 2. The van der Waals surface area contributed by atoms with E-state index in [9.17, 15) is 4.79 Å². The Labute approximate surface area is 99.2 Å². The lowest BCUT2D eigenvalue weighted by atomic mass is 10.1. The predicted molar refractivity (Wildman–Crippen MR) is 65.0 cm³/mol. The quantitative estimate of drug-likeness (QED) is 0.780. The van der Waals surface area contributed by atoms with E-state index in [0.717, 1.165) is 29.4 Å². The molecule has 2 aromatic rings. The third kappa shape index (κ3) is 2.45. The lowest BCUT2D eigenvalue weighted by Crippen LogP contribution is -2.10. The van der Waals surface area contributed by atoms with E-state index < -0.39 is 0 Å². The van der Waals surface area contributed by atoms with Crippen molar-refractivity contribution in [2.75, 3.05) is 13.6 Å². The standard InChI is InChI=1S/C12H15N3O2/c1-8(16)17-12-11-9(3-5-13-2)7-15-10(11)4-6-14-12/h4,6-7,13,15H,3,5H2,1-2H3. The minimum absolute atomic E-state index is 0.356. The summed E-state index contributed by atoms with van der Waals surface area (Å²) in [6.07, 6.45) is 4.41. The number of carbonyl (C=O) groups excluding carboxylic acids is 1. The second-order valence-electron chi connectivity index (χ2n) is 3.80. The van der Waals surface area contributed by atoms with Crippen molar-refractivity contribution in [3.05, 3.63) is 24.0 Å². The van der Waals surface area contributed by atoms with Crippen LogP contribution in [0.5, 0.6) is 5.88 Å². The Balaban J connectivity index is 2.43. The summed E-state index contributed by atoms with van der Waals surface area (Å²) in [5.41, 5.74) is 2.03. The fourth-order valence-electron chi connectivity index (χ4n) is 1.78. The average molecular weight is 233 g/mol. The van der Waals surface area contributed by atoms with Crippen molar-refractivity contribution in [1.29, 1.82) is 0 Å². The molecule has 0 saturated carbocycles. The first kappa shape index (κ1) is 11.6. The van der Waals surface area contributed by atoms with Crippen LogP contribution in [0.15, 0.2) is 18.5 Å². The molecule has 0 aromatic carbocycles. The minimum Gasteiger partial charge on any atom is -0.407 e. The number of pyridine rings is 1.